The van der Waals surface area contributed by atoms with Crippen molar-refractivity contribution in [3.8, 4) is 5.75 Å². The molecule has 4 rings (SSSR count). The van der Waals surface area contributed by atoms with Crippen molar-refractivity contribution in [2.24, 2.45) is 16.8 Å². The Bertz CT molecular complexity index is 1240. The molecule has 4 atom stereocenters. The van der Waals surface area contributed by atoms with Crippen LogP contribution in [-0.4, -0.2) is 43.8 Å². The van der Waals surface area contributed by atoms with Crippen LogP contribution in [0.2, 0.25) is 0 Å². The van der Waals surface area contributed by atoms with Gasteiger partial charge in [-0.1, -0.05) is 12.1 Å². The molecular weight excluding hydrogens is 478 g/mol. The zero-order valence-electron chi connectivity index (χ0n) is 21.2. The highest BCUT2D eigenvalue weighted by Gasteiger charge is 2.53. The molecule has 0 amide bonds. The van der Waals surface area contributed by atoms with Gasteiger partial charge in [-0.25, -0.2) is 4.79 Å². The molecule has 7 nitrogen and oxygen atoms in total. The number of methoxy groups -OCH3 is 1. The molecular formula is C28H31NO6S. The van der Waals surface area contributed by atoms with Gasteiger partial charge in [0.2, 0.25) is 0 Å². The highest BCUT2D eigenvalue weighted by Crippen LogP contribution is 2.50. The number of nitrogens with zero attached hydrogens (tertiary/aromatic N) is 1. The van der Waals surface area contributed by atoms with E-state index in [2.05, 4.69) is 0 Å². The van der Waals surface area contributed by atoms with Crippen LogP contribution in [0.25, 0.3) is 0 Å². The van der Waals surface area contributed by atoms with Gasteiger partial charge < -0.3 is 14.2 Å². The molecule has 1 fully saturated rings. The molecule has 1 aliphatic heterocycles. The third-order valence-electron chi connectivity index (χ3n) is 6.89. The second-order valence-electron chi connectivity index (χ2n) is 8.97. The van der Waals surface area contributed by atoms with Gasteiger partial charge in [0.25, 0.3) is 0 Å². The molecule has 0 saturated heterocycles. The standard InChI is InChI=1S/C28H31NO6S/c1-6-34-27(31)21-16(4)29-20-14-19(17-9-8-10-18(13-17)33-5)22(28(32)35-7-2)25(30)23(20)24(21)26-15(3)11-12-36-26/h8-13,19,22-24H,6-7,14H2,1-5H3/t19-,22-,23?,24-/m1/s1. The molecule has 1 aliphatic carbocycles. The predicted molar refractivity (Wildman–Crippen MR) is 138 cm³/mol. The van der Waals surface area contributed by atoms with E-state index in [0.29, 0.717) is 29.2 Å². The van der Waals surface area contributed by atoms with Crippen LogP contribution in [0.3, 0.4) is 0 Å². The van der Waals surface area contributed by atoms with Crippen LogP contribution in [0, 0.1) is 18.8 Å². The Balaban J connectivity index is 1.89. The molecule has 2 aromatic rings. The summed E-state index contributed by atoms with van der Waals surface area (Å²) in [6.07, 6.45) is 0.390. The zero-order valence-corrected chi connectivity index (χ0v) is 22.0. The Hall–Kier alpha value is -3.26. The van der Waals surface area contributed by atoms with Gasteiger partial charge >= 0.3 is 11.9 Å². The summed E-state index contributed by atoms with van der Waals surface area (Å²) in [5, 5.41) is 1.95. The summed E-state index contributed by atoms with van der Waals surface area (Å²) in [6.45, 7) is 7.60. The normalized spacial score (nSPS) is 23.6. The number of thiophene rings is 1. The number of Topliss-reactive ketones (excluding diaryl/α,β-unsaturated/α-hetero) is 1. The van der Waals surface area contributed by atoms with Crippen molar-refractivity contribution in [3.63, 3.8) is 0 Å². The fourth-order valence-corrected chi connectivity index (χ4v) is 6.40. The summed E-state index contributed by atoms with van der Waals surface area (Å²) in [6, 6.07) is 9.38. The van der Waals surface area contributed by atoms with Crippen LogP contribution in [0.5, 0.6) is 5.75 Å². The minimum Gasteiger partial charge on any atom is -0.497 e. The van der Waals surface area contributed by atoms with E-state index in [1.165, 1.54) is 11.3 Å². The number of hydrogen-bond donors (Lipinski definition) is 0. The van der Waals surface area contributed by atoms with Gasteiger partial charge in [-0.2, -0.15) is 0 Å². The van der Waals surface area contributed by atoms with Crippen molar-refractivity contribution < 1.29 is 28.6 Å². The first-order valence-corrected chi connectivity index (χ1v) is 13.0. The lowest BCUT2D eigenvalue weighted by Crippen LogP contribution is -2.48. The topological polar surface area (TPSA) is 91.3 Å². The molecule has 1 saturated carbocycles. The number of rotatable bonds is 7. The maximum atomic E-state index is 14.3. The molecule has 0 N–H and O–H groups in total. The molecule has 0 bridgehead atoms. The average Bonchev–Trinajstić information content (AvgIpc) is 3.28. The number of hydrogen-bond acceptors (Lipinski definition) is 8. The fraction of sp³-hybridized carbons (Fsp3) is 0.429. The third kappa shape index (κ3) is 4.62. The lowest BCUT2D eigenvalue weighted by atomic mass is 9.63. The maximum Gasteiger partial charge on any atom is 0.336 e. The lowest BCUT2D eigenvalue weighted by molar-refractivity contribution is -0.153. The second-order valence-corrected chi connectivity index (χ2v) is 9.91. The first kappa shape index (κ1) is 25.8. The molecule has 1 aromatic heterocycles. The Labute approximate surface area is 215 Å². The molecule has 190 valence electrons. The van der Waals surface area contributed by atoms with E-state index in [1.54, 1.807) is 27.9 Å². The van der Waals surface area contributed by atoms with Gasteiger partial charge in [0, 0.05) is 28.1 Å². The number of ketones is 1. The number of fused-ring (bicyclic) bond motifs is 1. The number of ether oxygens (including phenoxy) is 3. The number of esters is 2. The van der Waals surface area contributed by atoms with Crippen molar-refractivity contribution in [2.75, 3.05) is 20.3 Å². The van der Waals surface area contributed by atoms with Crippen LogP contribution in [-0.2, 0) is 23.9 Å². The minimum atomic E-state index is -1.02. The van der Waals surface area contributed by atoms with Crippen molar-refractivity contribution >= 4 is 34.8 Å². The molecule has 2 heterocycles. The van der Waals surface area contributed by atoms with Crippen LogP contribution < -0.4 is 4.74 Å². The van der Waals surface area contributed by atoms with E-state index in [9.17, 15) is 14.4 Å². The average molecular weight is 510 g/mol. The highest BCUT2D eigenvalue weighted by atomic mass is 32.1. The Morgan fingerprint density at radius 1 is 1.08 bits per heavy atom. The molecule has 2 aliphatic rings. The van der Waals surface area contributed by atoms with E-state index >= 15 is 0 Å². The lowest BCUT2D eigenvalue weighted by Gasteiger charge is -2.41. The number of carbonyl (C=O) groups excluding carboxylic acids is 3. The first-order chi connectivity index (χ1) is 17.3. The number of aryl methyl sites for hydroxylation is 1. The SMILES string of the molecule is CCOC(=O)C1=C(C)N=C2C[C@H](c3cccc(OC)c3)[C@@H](C(=O)OCC)C(=O)C2[C@@H]1c1sccc1C. The predicted octanol–water partition coefficient (Wildman–Crippen LogP) is 4.99. The Morgan fingerprint density at radius 2 is 1.83 bits per heavy atom. The van der Waals surface area contributed by atoms with E-state index in [4.69, 9.17) is 19.2 Å². The zero-order chi connectivity index (χ0) is 26.0. The van der Waals surface area contributed by atoms with E-state index < -0.39 is 35.6 Å². The van der Waals surface area contributed by atoms with Crippen LogP contribution in [0.1, 0.15) is 55.0 Å². The van der Waals surface area contributed by atoms with Crippen LogP contribution in [0.4, 0.5) is 0 Å². The van der Waals surface area contributed by atoms with Crippen LogP contribution >= 0.6 is 11.3 Å². The number of allylic oxidation sites excluding steroid dienone is 1. The Kier molecular flexibility index (Phi) is 7.73. The van der Waals surface area contributed by atoms with Gasteiger partial charge in [-0.15, -0.1) is 11.3 Å². The number of benzene rings is 1. The molecule has 0 radical (unpaired) electrons. The van der Waals surface area contributed by atoms with Gasteiger partial charge in [-0.3, -0.25) is 14.6 Å². The minimum absolute atomic E-state index is 0.166. The highest BCUT2D eigenvalue weighted by molar-refractivity contribution is 7.10. The van der Waals surface area contributed by atoms with Gasteiger partial charge in [0.15, 0.2) is 5.78 Å². The van der Waals surface area contributed by atoms with Crippen molar-refractivity contribution in [2.45, 2.75) is 46.0 Å². The summed E-state index contributed by atoms with van der Waals surface area (Å²) < 4.78 is 16.2. The van der Waals surface area contributed by atoms with Gasteiger partial charge in [-0.05, 0) is 68.8 Å². The smallest absolute Gasteiger partial charge is 0.336 e. The summed E-state index contributed by atoms with van der Waals surface area (Å²) in [5.41, 5.74) is 3.40. The molecule has 0 spiro atoms. The van der Waals surface area contributed by atoms with Gasteiger partial charge in [0.1, 0.15) is 11.7 Å². The van der Waals surface area contributed by atoms with E-state index in [1.807, 2.05) is 42.6 Å². The largest absolute Gasteiger partial charge is 0.497 e. The molecule has 1 aromatic carbocycles. The third-order valence-corrected chi connectivity index (χ3v) is 7.99. The number of carbonyl (C=O) groups is 3. The summed E-state index contributed by atoms with van der Waals surface area (Å²) >= 11 is 1.50. The molecule has 8 heteroatoms. The summed E-state index contributed by atoms with van der Waals surface area (Å²) in [4.78, 5) is 46.3. The van der Waals surface area contributed by atoms with E-state index in [0.717, 1.165) is 16.0 Å². The fourth-order valence-electron chi connectivity index (χ4n) is 5.33. The van der Waals surface area contributed by atoms with Crippen molar-refractivity contribution in [1.82, 2.24) is 0 Å². The second kappa shape index (κ2) is 10.8. The van der Waals surface area contributed by atoms with Gasteiger partial charge in [0.05, 0.1) is 31.8 Å². The summed E-state index contributed by atoms with van der Waals surface area (Å²) in [7, 11) is 1.58. The van der Waals surface area contributed by atoms with Crippen molar-refractivity contribution in [1.29, 1.82) is 0 Å². The van der Waals surface area contributed by atoms with Crippen LogP contribution in [0.15, 0.2) is 52.0 Å². The number of aliphatic imine (C=N–C) groups is 1. The maximum absolute atomic E-state index is 14.3. The monoisotopic (exact) mass is 509 g/mol. The molecule has 36 heavy (non-hydrogen) atoms. The Morgan fingerprint density at radius 3 is 2.47 bits per heavy atom. The van der Waals surface area contributed by atoms with Crippen molar-refractivity contribution in [3.05, 3.63) is 63.0 Å². The quantitative estimate of drug-likeness (QED) is 0.386. The van der Waals surface area contributed by atoms with E-state index in [-0.39, 0.29) is 19.0 Å². The first-order valence-electron chi connectivity index (χ1n) is 12.2. The summed E-state index contributed by atoms with van der Waals surface area (Å²) in [5.74, 6) is -3.46. The molecule has 1 unspecified atom stereocenters.